The molecule has 0 bridgehead atoms. The van der Waals surface area contributed by atoms with Crippen LogP contribution >= 0.6 is 0 Å². The van der Waals surface area contributed by atoms with Crippen molar-refractivity contribution in [2.45, 2.75) is 50.7 Å². The third kappa shape index (κ3) is 5.14. The van der Waals surface area contributed by atoms with E-state index in [4.69, 9.17) is 0 Å². The van der Waals surface area contributed by atoms with Crippen LogP contribution in [0.2, 0.25) is 0 Å². The van der Waals surface area contributed by atoms with Crippen molar-refractivity contribution in [3.63, 3.8) is 0 Å². The highest BCUT2D eigenvalue weighted by Gasteiger charge is 2.37. The van der Waals surface area contributed by atoms with Crippen LogP contribution in [0.5, 0.6) is 0 Å². The largest absolute Gasteiger partial charge is 0.401 e. The number of nitrogens with one attached hydrogen (secondary N) is 1. The molecule has 2 nitrogen and oxygen atoms in total. The summed E-state index contributed by atoms with van der Waals surface area (Å²) in [5.74, 6) is 0.721. The molecule has 1 saturated heterocycles. The van der Waals surface area contributed by atoms with Crippen LogP contribution in [0, 0.1) is 5.92 Å². The van der Waals surface area contributed by atoms with Crippen LogP contribution in [-0.4, -0.2) is 43.3 Å². The Morgan fingerprint density at radius 2 is 1.72 bits per heavy atom. The molecule has 2 rings (SSSR count). The zero-order chi connectivity index (χ0) is 13.0. The zero-order valence-electron chi connectivity index (χ0n) is 10.8. The molecule has 106 valence electrons. The topological polar surface area (TPSA) is 15.3 Å². The Hall–Kier alpha value is -0.290. The van der Waals surface area contributed by atoms with Gasteiger partial charge in [0.25, 0.3) is 0 Å². The van der Waals surface area contributed by atoms with Crippen molar-refractivity contribution in [2.24, 2.45) is 5.92 Å². The Labute approximate surface area is 107 Å². The minimum atomic E-state index is -4.04. The van der Waals surface area contributed by atoms with Crippen molar-refractivity contribution in [3.05, 3.63) is 0 Å². The predicted octanol–water partition coefficient (Wildman–Crippen LogP) is 2.79. The average molecular weight is 264 g/mol. The van der Waals surface area contributed by atoms with Crippen molar-refractivity contribution < 1.29 is 13.2 Å². The number of rotatable bonds is 6. The lowest BCUT2D eigenvalue weighted by atomic mass is 9.93. The van der Waals surface area contributed by atoms with Gasteiger partial charge in [-0.25, -0.2) is 0 Å². The summed E-state index contributed by atoms with van der Waals surface area (Å²) in [6.07, 6.45) is 2.22. The fourth-order valence-electron chi connectivity index (χ4n) is 2.81. The summed E-state index contributed by atoms with van der Waals surface area (Å²) in [6.45, 7) is 2.04. The first-order chi connectivity index (χ1) is 8.54. The first-order valence-corrected chi connectivity index (χ1v) is 7.06. The fourth-order valence-corrected chi connectivity index (χ4v) is 2.81. The second-order valence-corrected chi connectivity index (χ2v) is 5.65. The van der Waals surface area contributed by atoms with E-state index < -0.39 is 12.7 Å². The quantitative estimate of drug-likeness (QED) is 0.793. The van der Waals surface area contributed by atoms with Crippen LogP contribution in [0.25, 0.3) is 0 Å². The van der Waals surface area contributed by atoms with Crippen molar-refractivity contribution in [2.75, 3.05) is 26.2 Å². The van der Waals surface area contributed by atoms with Gasteiger partial charge in [0.15, 0.2) is 0 Å². The van der Waals surface area contributed by atoms with Gasteiger partial charge in [-0.15, -0.1) is 0 Å². The summed E-state index contributed by atoms with van der Waals surface area (Å²) in [7, 11) is 0. The molecule has 1 N–H and O–H groups in total. The summed E-state index contributed by atoms with van der Waals surface area (Å²) in [5.41, 5.74) is 0. The van der Waals surface area contributed by atoms with Crippen LogP contribution in [-0.2, 0) is 0 Å². The van der Waals surface area contributed by atoms with Crippen LogP contribution in [0.3, 0.4) is 0 Å². The maximum Gasteiger partial charge on any atom is 0.401 e. The zero-order valence-corrected chi connectivity index (χ0v) is 10.8. The third-order valence-corrected chi connectivity index (χ3v) is 3.96. The predicted molar refractivity (Wildman–Crippen MR) is 65.5 cm³/mol. The molecule has 0 radical (unpaired) electrons. The van der Waals surface area contributed by atoms with Crippen molar-refractivity contribution in [3.8, 4) is 0 Å². The number of nitrogens with zero attached hydrogens (tertiary/aromatic N) is 1. The Morgan fingerprint density at radius 3 is 2.28 bits per heavy atom. The summed E-state index contributed by atoms with van der Waals surface area (Å²) in [6, 6.07) is 0.208. The SMILES string of the molecule is FC(F)(F)CN(CCCC1CCNCC1)C1CC1. The molecular weight excluding hydrogens is 241 g/mol. The molecule has 0 spiro atoms. The number of alkyl halides is 3. The van der Waals surface area contributed by atoms with Gasteiger partial charge in [-0.1, -0.05) is 0 Å². The van der Waals surface area contributed by atoms with Gasteiger partial charge in [0.1, 0.15) is 0 Å². The summed E-state index contributed by atoms with van der Waals surface area (Å²) < 4.78 is 37.3. The Bertz CT molecular complexity index is 245. The monoisotopic (exact) mass is 264 g/mol. The van der Waals surface area contributed by atoms with E-state index in [0.29, 0.717) is 6.54 Å². The fraction of sp³-hybridized carbons (Fsp3) is 1.00. The molecule has 2 aliphatic rings. The van der Waals surface area contributed by atoms with Crippen LogP contribution in [0.1, 0.15) is 38.5 Å². The molecule has 0 aromatic rings. The van der Waals surface area contributed by atoms with Crippen LogP contribution in [0.4, 0.5) is 13.2 Å². The van der Waals surface area contributed by atoms with Gasteiger partial charge in [0.2, 0.25) is 0 Å². The van der Waals surface area contributed by atoms with E-state index in [0.717, 1.165) is 44.7 Å². The summed E-state index contributed by atoms with van der Waals surface area (Å²) >= 11 is 0. The van der Waals surface area contributed by atoms with Crippen LogP contribution in [0.15, 0.2) is 0 Å². The van der Waals surface area contributed by atoms with Crippen molar-refractivity contribution in [1.82, 2.24) is 10.2 Å². The van der Waals surface area contributed by atoms with E-state index in [2.05, 4.69) is 5.32 Å². The van der Waals surface area contributed by atoms with Gasteiger partial charge >= 0.3 is 6.18 Å². The van der Waals surface area contributed by atoms with E-state index >= 15 is 0 Å². The molecule has 1 aliphatic heterocycles. The standard InChI is InChI=1S/C13H23F3N2/c14-13(15,16)10-18(12-3-4-12)9-1-2-11-5-7-17-8-6-11/h11-12,17H,1-10H2. The molecule has 1 aliphatic carbocycles. The van der Waals surface area contributed by atoms with E-state index in [-0.39, 0.29) is 6.04 Å². The first kappa shape index (κ1) is 14.1. The lowest BCUT2D eigenvalue weighted by Crippen LogP contribution is -2.37. The van der Waals surface area contributed by atoms with Gasteiger partial charge < -0.3 is 5.32 Å². The van der Waals surface area contributed by atoms with Crippen molar-refractivity contribution >= 4 is 0 Å². The van der Waals surface area contributed by atoms with E-state index in [9.17, 15) is 13.2 Å². The van der Waals surface area contributed by atoms with Gasteiger partial charge in [-0.3, -0.25) is 4.90 Å². The summed E-state index contributed by atoms with van der Waals surface area (Å²) in [4.78, 5) is 1.64. The van der Waals surface area contributed by atoms with Gasteiger partial charge in [0.05, 0.1) is 6.54 Å². The molecule has 0 amide bonds. The van der Waals surface area contributed by atoms with E-state index in [1.165, 1.54) is 12.8 Å². The second-order valence-electron chi connectivity index (χ2n) is 5.65. The molecule has 0 atom stereocenters. The van der Waals surface area contributed by atoms with Gasteiger partial charge in [0, 0.05) is 6.04 Å². The number of hydrogen-bond acceptors (Lipinski definition) is 2. The highest BCUT2D eigenvalue weighted by molar-refractivity contribution is 4.85. The van der Waals surface area contributed by atoms with E-state index in [1.807, 2.05) is 0 Å². The van der Waals surface area contributed by atoms with Crippen LogP contribution < -0.4 is 5.32 Å². The van der Waals surface area contributed by atoms with Crippen molar-refractivity contribution in [1.29, 1.82) is 0 Å². The average Bonchev–Trinajstić information content (AvgIpc) is 3.11. The number of hydrogen-bond donors (Lipinski definition) is 1. The second kappa shape index (κ2) is 6.24. The number of halogens is 3. The Kier molecular flexibility index (Phi) is 4.90. The minimum absolute atomic E-state index is 0.208. The molecular formula is C13H23F3N2. The molecule has 0 aromatic heterocycles. The van der Waals surface area contributed by atoms with Gasteiger partial charge in [-0.05, 0) is 64.1 Å². The highest BCUT2D eigenvalue weighted by Crippen LogP contribution is 2.30. The molecule has 5 heteroatoms. The first-order valence-electron chi connectivity index (χ1n) is 7.06. The lowest BCUT2D eigenvalue weighted by Gasteiger charge is -2.26. The third-order valence-electron chi connectivity index (χ3n) is 3.96. The molecule has 1 heterocycles. The minimum Gasteiger partial charge on any atom is -0.317 e. The highest BCUT2D eigenvalue weighted by atomic mass is 19.4. The number of piperidine rings is 1. The molecule has 0 aromatic carbocycles. The Balaban J connectivity index is 1.65. The molecule has 0 unspecified atom stereocenters. The normalized spacial score (nSPS) is 22.7. The molecule has 1 saturated carbocycles. The molecule has 2 fully saturated rings. The Morgan fingerprint density at radius 1 is 1.06 bits per heavy atom. The summed E-state index contributed by atoms with van der Waals surface area (Å²) in [5, 5.41) is 3.31. The van der Waals surface area contributed by atoms with E-state index in [1.54, 1.807) is 4.90 Å². The maximum atomic E-state index is 12.4. The maximum absolute atomic E-state index is 12.4. The van der Waals surface area contributed by atoms with Gasteiger partial charge in [-0.2, -0.15) is 13.2 Å². The lowest BCUT2D eigenvalue weighted by molar-refractivity contribution is -0.147. The smallest absolute Gasteiger partial charge is 0.317 e. The molecule has 18 heavy (non-hydrogen) atoms.